The fourth-order valence-electron chi connectivity index (χ4n) is 3.88. The Morgan fingerprint density at radius 2 is 0.839 bits per heavy atom. The number of pyridine rings is 2. The van der Waals surface area contributed by atoms with E-state index in [-0.39, 0.29) is 60.4 Å². The molecule has 4 aromatic carbocycles. The predicted molar refractivity (Wildman–Crippen MR) is 121 cm³/mol. The fourth-order valence-corrected chi connectivity index (χ4v) is 3.88. The van der Waals surface area contributed by atoms with Crippen LogP contribution in [0.15, 0.2) is 97.3 Å². The summed E-state index contributed by atoms with van der Waals surface area (Å²) in [5, 5.41) is 29.2. The van der Waals surface area contributed by atoms with Gasteiger partial charge >= 0.3 is 48.9 Å². The van der Waals surface area contributed by atoms with Crippen LogP contribution in [0.2, 0.25) is 0 Å². The summed E-state index contributed by atoms with van der Waals surface area (Å²) in [6.45, 7) is 0. The van der Waals surface area contributed by atoms with Crippen LogP contribution < -0.4 is 20.2 Å². The predicted octanol–water partition coefficient (Wildman–Crippen LogP) is 3.38. The number of aromatic nitrogens is 2. The molecule has 31 heavy (non-hydrogen) atoms. The number of hydrogen-bond acceptors (Lipinski definition) is 2. The summed E-state index contributed by atoms with van der Waals surface area (Å²) in [4.78, 5) is 6.27. The van der Waals surface area contributed by atoms with Gasteiger partial charge in [0.05, 0.1) is 0 Å². The molecule has 0 bridgehead atoms. The Balaban J connectivity index is 0.000000144. The zero-order valence-electron chi connectivity index (χ0n) is 16.8. The Hall–Kier alpha value is -2.61. The number of nitrogens with one attached hydrogen (secondary N) is 2. The smallest absolute Gasteiger partial charge is 0.872 e. The van der Waals surface area contributed by atoms with Gasteiger partial charge in [0.15, 0.2) is 12.4 Å². The van der Waals surface area contributed by atoms with Crippen molar-refractivity contribution in [2.75, 3.05) is 0 Å². The van der Waals surface area contributed by atoms with Crippen LogP contribution >= 0.6 is 0 Å². The Bertz CT molecular complexity index is 1420. The molecule has 0 saturated heterocycles. The average Bonchev–Trinajstić information content (AvgIpc) is 2.79. The fraction of sp³-hybridized carbons (Fsp3) is 0. The van der Waals surface area contributed by atoms with Crippen molar-refractivity contribution in [2.24, 2.45) is 0 Å². The molecule has 5 heteroatoms. The van der Waals surface area contributed by atoms with Crippen molar-refractivity contribution < 1.29 is 20.2 Å². The van der Waals surface area contributed by atoms with Gasteiger partial charge in [-0.25, -0.2) is 9.97 Å². The van der Waals surface area contributed by atoms with Gasteiger partial charge in [0.2, 0.25) is 11.0 Å². The van der Waals surface area contributed by atoms with Gasteiger partial charge in [-0.3, -0.25) is 0 Å². The van der Waals surface area contributed by atoms with Crippen molar-refractivity contribution in [2.45, 2.75) is 0 Å². The van der Waals surface area contributed by atoms with Crippen LogP contribution in [0.1, 0.15) is 0 Å². The quantitative estimate of drug-likeness (QED) is 0.224. The maximum absolute atomic E-state index is 11.8. The van der Waals surface area contributed by atoms with E-state index in [9.17, 15) is 10.2 Å². The third-order valence-electron chi connectivity index (χ3n) is 5.28. The average molecular weight is 528 g/mol. The van der Waals surface area contributed by atoms with Crippen LogP contribution in [0, 0.1) is 0 Å². The van der Waals surface area contributed by atoms with E-state index in [1.54, 1.807) is 24.3 Å². The minimum Gasteiger partial charge on any atom is -0.872 e. The summed E-state index contributed by atoms with van der Waals surface area (Å²) in [6.07, 6.45) is 3.68. The van der Waals surface area contributed by atoms with Gasteiger partial charge in [-0.1, -0.05) is 60.0 Å². The summed E-state index contributed by atoms with van der Waals surface area (Å²) in [5.74, 6) is 0.140. The van der Waals surface area contributed by atoms with Crippen LogP contribution in [0.3, 0.4) is 0 Å². The van der Waals surface area contributed by atoms with Gasteiger partial charge in [-0.2, -0.15) is 0 Å². The molecule has 4 nitrogen and oxygen atoms in total. The van der Waals surface area contributed by atoms with Gasteiger partial charge < -0.3 is 10.2 Å². The summed E-state index contributed by atoms with van der Waals surface area (Å²) in [5.41, 5.74) is 1.83. The molecule has 2 heterocycles. The molecular weight excluding hydrogens is 510 g/mol. The van der Waals surface area contributed by atoms with Crippen molar-refractivity contribution in [1.29, 1.82) is 0 Å². The number of hydrogen-bond donors (Lipinski definition) is 0. The first kappa shape index (κ1) is 21.6. The second kappa shape index (κ2) is 9.26. The van der Waals surface area contributed by atoms with Gasteiger partial charge in [0.1, 0.15) is 0 Å². The molecule has 6 aromatic rings. The normalized spacial score (nSPS) is 10.6. The maximum Gasteiger partial charge on any atom is 2.00 e. The molecule has 0 radical (unpaired) electrons. The minimum absolute atomic E-state index is 0. The number of rotatable bonds is 0. The summed E-state index contributed by atoms with van der Waals surface area (Å²) >= 11 is 0. The molecule has 0 atom stereocenters. The largest absolute Gasteiger partial charge is 2.00 e. The van der Waals surface area contributed by atoms with Gasteiger partial charge in [0, 0.05) is 33.7 Å². The SMILES string of the molecule is [Ba+2].[O-]c1cccc2ccc3ccc[nH+]c3c12.[O-]c1cccc2ccc3ccc[nH+]c3c12. The minimum atomic E-state index is 0. The first-order valence-corrected chi connectivity index (χ1v) is 9.71. The number of aromatic amines is 2. The number of benzene rings is 4. The van der Waals surface area contributed by atoms with Gasteiger partial charge in [-0.05, 0) is 35.0 Å². The van der Waals surface area contributed by atoms with Crippen molar-refractivity contribution in [1.82, 2.24) is 0 Å². The molecule has 2 N–H and O–H groups in total. The molecule has 144 valence electrons. The van der Waals surface area contributed by atoms with E-state index in [1.165, 1.54) is 0 Å². The molecule has 0 saturated carbocycles. The molecule has 2 aromatic heterocycles. The van der Waals surface area contributed by atoms with E-state index < -0.39 is 0 Å². The number of fused-ring (bicyclic) bond motifs is 6. The summed E-state index contributed by atoms with van der Waals surface area (Å²) in [7, 11) is 0. The van der Waals surface area contributed by atoms with Crippen LogP contribution in [0.4, 0.5) is 0 Å². The van der Waals surface area contributed by atoms with Crippen LogP contribution in [-0.2, 0) is 0 Å². The van der Waals surface area contributed by atoms with Crippen molar-refractivity contribution in [3.63, 3.8) is 0 Å². The monoisotopic (exact) mass is 528 g/mol. The van der Waals surface area contributed by atoms with Gasteiger partial charge in [0.25, 0.3) is 0 Å². The van der Waals surface area contributed by atoms with E-state index >= 15 is 0 Å². The second-order valence-corrected chi connectivity index (χ2v) is 7.11. The van der Waals surface area contributed by atoms with Crippen molar-refractivity contribution >= 4 is 92.2 Å². The second-order valence-electron chi connectivity index (χ2n) is 7.11. The molecule has 0 unspecified atom stereocenters. The zero-order valence-corrected chi connectivity index (χ0v) is 21.2. The molecule has 0 fully saturated rings. The molecule has 0 aliphatic rings. The topological polar surface area (TPSA) is 74.4 Å². The zero-order chi connectivity index (χ0) is 20.5. The Labute approximate surface area is 219 Å². The van der Waals surface area contributed by atoms with Crippen molar-refractivity contribution in [3.05, 3.63) is 97.3 Å². The molecule has 6 rings (SSSR count). The van der Waals surface area contributed by atoms with Crippen LogP contribution in [0.5, 0.6) is 11.5 Å². The standard InChI is InChI=1S/2C13H9NO.Ba/c2*15-11-5-1-3-9-6-7-10-4-2-8-14-13(10)12(9)11;/h2*1-8,15H;/q;;+2. The molecule has 0 spiro atoms. The molecular formula is C26H18BaN2O2+2. The van der Waals surface area contributed by atoms with Crippen LogP contribution in [-0.4, -0.2) is 48.9 Å². The van der Waals surface area contributed by atoms with Crippen LogP contribution in [0.25, 0.3) is 43.4 Å². The third kappa shape index (κ3) is 4.13. The first-order chi connectivity index (χ1) is 14.7. The Morgan fingerprint density at radius 3 is 1.29 bits per heavy atom. The van der Waals surface area contributed by atoms with E-state index in [0.717, 1.165) is 43.4 Å². The molecule has 0 aliphatic heterocycles. The van der Waals surface area contributed by atoms with E-state index in [0.29, 0.717) is 0 Å². The maximum atomic E-state index is 11.8. The summed E-state index contributed by atoms with van der Waals surface area (Å²) < 4.78 is 0. The third-order valence-corrected chi connectivity index (χ3v) is 5.28. The van der Waals surface area contributed by atoms with Gasteiger partial charge in [-0.15, -0.1) is 0 Å². The number of H-pyrrole nitrogens is 2. The Morgan fingerprint density at radius 1 is 0.452 bits per heavy atom. The van der Waals surface area contributed by atoms with E-state index in [1.807, 2.05) is 73.1 Å². The molecule has 0 amide bonds. The first-order valence-electron chi connectivity index (χ1n) is 9.71. The van der Waals surface area contributed by atoms with Crippen molar-refractivity contribution in [3.8, 4) is 11.5 Å². The summed E-state index contributed by atoms with van der Waals surface area (Å²) in [6, 6.07) is 26.6. The van der Waals surface area contributed by atoms with E-state index in [2.05, 4.69) is 9.97 Å². The Kier molecular flexibility index (Phi) is 6.46. The molecule has 0 aliphatic carbocycles. The van der Waals surface area contributed by atoms with E-state index in [4.69, 9.17) is 0 Å².